The van der Waals surface area contributed by atoms with Crippen LogP contribution in [0.1, 0.15) is 31.7 Å². The molecule has 0 bridgehead atoms. The van der Waals surface area contributed by atoms with E-state index in [0.717, 1.165) is 49.1 Å². The number of unbranched alkanes of at least 4 members (excludes halogenated alkanes) is 2. The molecule has 0 radical (unpaired) electrons. The molecular weight excluding hydrogens is 330 g/mol. The van der Waals surface area contributed by atoms with Crippen molar-refractivity contribution in [2.24, 2.45) is 5.92 Å². The maximum Gasteiger partial charge on any atom is 0.231 e. The van der Waals surface area contributed by atoms with Crippen molar-refractivity contribution in [3.05, 3.63) is 29.8 Å². The van der Waals surface area contributed by atoms with E-state index in [1.54, 1.807) is 12.1 Å². The Balaban J connectivity index is 1.63. The zero-order valence-electron chi connectivity index (χ0n) is 14.0. The molecule has 6 heteroatoms. The first-order chi connectivity index (χ1) is 11.0. The first-order valence-corrected chi connectivity index (χ1v) is 11.3. The number of benzene rings is 1. The Morgan fingerprint density at radius 2 is 1.91 bits per heavy atom. The summed E-state index contributed by atoms with van der Waals surface area (Å²) in [5, 5.41) is 0. The molecule has 23 heavy (non-hydrogen) atoms. The van der Waals surface area contributed by atoms with Gasteiger partial charge in [-0.05, 0) is 36.3 Å². The molecule has 1 aromatic rings. The van der Waals surface area contributed by atoms with Crippen LogP contribution in [-0.4, -0.2) is 45.5 Å². The maximum atomic E-state index is 12.3. The maximum absolute atomic E-state index is 12.3. The van der Waals surface area contributed by atoms with Gasteiger partial charge in [-0.15, -0.1) is 0 Å². The normalized spacial score (nSPS) is 16.4. The average Bonchev–Trinajstić information content (AvgIpc) is 2.48. The number of nitrogens with zero attached hydrogens (tertiary/aromatic N) is 1. The van der Waals surface area contributed by atoms with Crippen molar-refractivity contribution in [3.8, 4) is 0 Å². The molecule has 0 N–H and O–H groups in total. The molecule has 4 nitrogen and oxygen atoms in total. The summed E-state index contributed by atoms with van der Waals surface area (Å²) in [6, 6.07) is 7.04. The number of likely N-dealkylation sites (tertiary alicyclic amines) is 1. The van der Waals surface area contributed by atoms with Gasteiger partial charge in [-0.3, -0.25) is 4.90 Å². The fourth-order valence-electron chi connectivity index (χ4n) is 2.51. The molecule has 1 fully saturated rings. The highest BCUT2D eigenvalue weighted by Crippen LogP contribution is 2.27. The van der Waals surface area contributed by atoms with Gasteiger partial charge in [0.05, 0.1) is 17.4 Å². The molecule has 1 aliphatic rings. The van der Waals surface area contributed by atoms with Crippen LogP contribution in [0.4, 0.5) is 0 Å². The van der Waals surface area contributed by atoms with Crippen molar-refractivity contribution in [2.45, 2.75) is 38.0 Å². The lowest BCUT2D eigenvalue weighted by molar-refractivity contribution is 0.0236. The summed E-state index contributed by atoms with van der Waals surface area (Å²) >= 11 is 0. The fraction of sp³-hybridized carbons (Fsp3) is 0.647. The van der Waals surface area contributed by atoms with Crippen LogP contribution in [0.15, 0.2) is 29.2 Å². The van der Waals surface area contributed by atoms with E-state index >= 15 is 0 Å². The Morgan fingerprint density at radius 1 is 1.22 bits per heavy atom. The molecule has 130 valence electrons. The van der Waals surface area contributed by atoms with E-state index in [1.807, 2.05) is 19.1 Å². The van der Waals surface area contributed by atoms with E-state index in [1.165, 1.54) is 12.8 Å². The minimum atomic E-state index is -3.25. The second-order valence-corrected chi connectivity index (χ2v) is 10.1. The molecule has 1 aromatic carbocycles. The van der Waals surface area contributed by atoms with E-state index < -0.39 is 8.87 Å². The summed E-state index contributed by atoms with van der Waals surface area (Å²) in [6.07, 6.45) is 3.58. The van der Waals surface area contributed by atoms with Crippen LogP contribution in [0.25, 0.3) is 0 Å². The van der Waals surface area contributed by atoms with Crippen LogP contribution >= 0.6 is 10.8 Å². The smallest absolute Gasteiger partial charge is 0.231 e. The van der Waals surface area contributed by atoms with E-state index in [2.05, 4.69) is 11.8 Å². The summed E-state index contributed by atoms with van der Waals surface area (Å²) < 4.78 is 30.2. The summed E-state index contributed by atoms with van der Waals surface area (Å²) in [6.45, 7) is 7.66. The molecule has 0 saturated carbocycles. The monoisotopic (exact) mass is 357 g/mol. The third kappa shape index (κ3) is 6.10. The second-order valence-electron chi connectivity index (χ2n) is 6.20. The number of hydrogen-bond acceptors (Lipinski definition) is 5. The van der Waals surface area contributed by atoms with Gasteiger partial charge >= 0.3 is 0 Å². The Morgan fingerprint density at radius 3 is 2.57 bits per heavy atom. The molecule has 0 aliphatic carbocycles. The minimum absolute atomic E-state index is 0.393. The summed E-state index contributed by atoms with van der Waals surface area (Å²) in [5.74, 6) is 1.09. The Labute approximate surface area is 143 Å². The topological polar surface area (TPSA) is 46.6 Å². The lowest BCUT2D eigenvalue weighted by Crippen LogP contribution is -2.48. The fourth-order valence-corrected chi connectivity index (χ4v) is 5.22. The molecule has 0 amide bonds. The second kappa shape index (κ2) is 9.06. The van der Waals surface area contributed by atoms with E-state index in [4.69, 9.17) is 4.74 Å². The third-order valence-corrected chi connectivity index (χ3v) is 7.43. The van der Waals surface area contributed by atoms with Gasteiger partial charge in [0, 0.05) is 25.6 Å². The average molecular weight is 358 g/mol. The van der Waals surface area contributed by atoms with Crippen LogP contribution in [-0.2, 0) is 13.6 Å². The number of aryl methyl sites for hydroxylation is 1. The molecule has 0 spiro atoms. The molecule has 1 heterocycles. The first-order valence-electron chi connectivity index (χ1n) is 8.27. The summed E-state index contributed by atoms with van der Waals surface area (Å²) in [5.41, 5.74) is 1.07. The minimum Gasteiger partial charge on any atom is -0.381 e. The molecule has 0 unspecified atom stereocenters. The number of hydrogen-bond donors (Lipinski definition) is 0. The first kappa shape index (κ1) is 18.8. The summed E-state index contributed by atoms with van der Waals surface area (Å²) in [7, 11) is -2.23. The standard InChI is InChI=1S/C17H27NO3S2/c1-3-4-5-10-21-13-16-11-18(12-16)14-22-23(19,20)17-8-6-15(2)7-9-17/h6-9,16H,3-5,10-14H2,1-2H3. The zero-order valence-corrected chi connectivity index (χ0v) is 15.7. The lowest BCUT2D eigenvalue weighted by Gasteiger charge is -2.38. The van der Waals surface area contributed by atoms with E-state index in [-0.39, 0.29) is 0 Å². The van der Waals surface area contributed by atoms with E-state index in [0.29, 0.717) is 16.7 Å². The molecule has 0 aromatic heterocycles. The van der Waals surface area contributed by atoms with Gasteiger partial charge in [0.15, 0.2) is 0 Å². The van der Waals surface area contributed by atoms with Crippen molar-refractivity contribution in [2.75, 3.05) is 32.2 Å². The predicted octanol–water partition coefficient (Wildman–Crippen LogP) is 3.51. The van der Waals surface area contributed by atoms with Crippen molar-refractivity contribution < 1.29 is 13.2 Å². The van der Waals surface area contributed by atoms with Crippen LogP contribution in [0, 0.1) is 12.8 Å². The van der Waals surface area contributed by atoms with Crippen LogP contribution in [0.3, 0.4) is 0 Å². The molecule has 1 aliphatic heterocycles. The van der Waals surface area contributed by atoms with Gasteiger partial charge in [-0.25, -0.2) is 8.42 Å². The Bertz CT molecular complexity index is 566. The Kier molecular flexibility index (Phi) is 7.40. The molecular formula is C17H27NO3S2. The van der Waals surface area contributed by atoms with Crippen LogP contribution in [0.5, 0.6) is 0 Å². The van der Waals surface area contributed by atoms with Gasteiger partial charge in [-0.1, -0.05) is 37.5 Å². The van der Waals surface area contributed by atoms with Crippen molar-refractivity contribution in [3.63, 3.8) is 0 Å². The zero-order chi connectivity index (χ0) is 16.7. The van der Waals surface area contributed by atoms with Gasteiger partial charge in [0.2, 0.25) is 8.87 Å². The lowest BCUT2D eigenvalue weighted by atomic mass is 10.0. The number of ether oxygens (including phenoxy) is 1. The van der Waals surface area contributed by atoms with Gasteiger partial charge in [0.1, 0.15) is 0 Å². The SMILES string of the molecule is CCCCCOCC1CN(CSS(=O)(=O)c2ccc(C)cc2)C1. The highest BCUT2D eigenvalue weighted by atomic mass is 33.1. The largest absolute Gasteiger partial charge is 0.381 e. The molecule has 2 rings (SSSR count). The van der Waals surface area contributed by atoms with Crippen molar-refractivity contribution >= 4 is 19.7 Å². The van der Waals surface area contributed by atoms with E-state index in [9.17, 15) is 8.42 Å². The highest BCUT2D eigenvalue weighted by molar-refractivity contribution is 8.72. The quantitative estimate of drug-likeness (QED) is 0.474. The Hall–Kier alpha value is -0.560. The van der Waals surface area contributed by atoms with Crippen LogP contribution < -0.4 is 0 Å². The number of rotatable bonds is 10. The summed E-state index contributed by atoms with van der Waals surface area (Å²) in [4.78, 5) is 2.56. The predicted molar refractivity (Wildman–Crippen MR) is 96.2 cm³/mol. The molecule has 1 saturated heterocycles. The van der Waals surface area contributed by atoms with Crippen molar-refractivity contribution in [1.29, 1.82) is 0 Å². The van der Waals surface area contributed by atoms with Gasteiger partial charge in [0.25, 0.3) is 0 Å². The van der Waals surface area contributed by atoms with Gasteiger partial charge < -0.3 is 4.74 Å². The van der Waals surface area contributed by atoms with Crippen LogP contribution in [0.2, 0.25) is 0 Å². The molecule has 0 atom stereocenters. The third-order valence-electron chi connectivity index (χ3n) is 3.98. The van der Waals surface area contributed by atoms with Crippen molar-refractivity contribution in [1.82, 2.24) is 4.90 Å². The van der Waals surface area contributed by atoms with Gasteiger partial charge in [-0.2, -0.15) is 0 Å². The highest BCUT2D eigenvalue weighted by Gasteiger charge is 2.28.